The van der Waals surface area contributed by atoms with Crippen LogP contribution < -0.4 is 15.4 Å². The van der Waals surface area contributed by atoms with Gasteiger partial charge in [-0.25, -0.2) is 9.97 Å². The van der Waals surface area contributed by atoms with E-state index in [1.807, 2.05) is 50.4 Å². The summed E-state index contributed by atoms with van der Waals surface area (Å²) in [7, 11) is 0. The quantitative estimate of drug-likeness (QED) is 0.591. The van der Waals surface area contributed by atoms with E-state index < -0.39 is 0 Å². The molecular formula is C18H20N4O2S2. The first-order chi connectivity index (χ1) is 12.6. The Bertz CT molecular complexity index is 904. The number of hydrogen-bond donors (Lipinski definition) is 2. The number of ether oxygens (including phenoxy) is 1. The Hall–Kier alpha value is -2.45. The number of nitrogens with zero attached hydrogens (tertiary/aromatic N) is 2. The highest BCUT2D eigenvalue weighted by Gasteiger charge is 2.15. The van der Waals surface area contributed by atoms with E-state index in [0.717, 1.165) is 32.8 Å². The highest BCUT2D eigenvalue weighted by molar-refractivity contribution is 7.20. The summed E-state index contributed by atoms with van der Waals surface area (Å²) in [6.07, 6.45) is 0.429. The molecule has 2 aromatic heterocycles. The molecule has 0 saturated heterocycles. The molecule has 3 aromatic rings. The minimum Gasteiger partial charge on any atom is -0.492 e. The number of aromatic nitrogens is 2. The van der Waals surface area contributed by atoms with Gasteiger partial charge in [0.1, 0.15) is 5.75 Å². The van der Waals surface area contributed by atoms with Gasteiger partial charge in [-0.1, -0.05) is 30.4 Å². The average molecular weight is 389 g/mol. The topological polar surface area (TPSA) is 76.1 Å². The maximum absolute atomic E-state index is 11.6. The van der Waals surface area contributed by atoms with E-state index in [2.05, 4.69) is 20.6 Å². The van der Waals surface area contributed by atoms with E-state index in [1.165, 1.54) is 22.7 Å². The van der Waals surface area contributed by atoms with E-state index in [9.17, 15) is 4.79 Å². The summed E-state index contributed by atoms with van der Waals surface area (Å²) in [5.74, 6) is 0.753. The molecule has 0 unspecified atom stereocenters. The van der Waals surface area contributed by atoms with Crippen LogP contribution in [-0.4, -0.2) is 22.5 Å². The molecule has 2 N–H and O–H groups in total. The second kappa shape index (κ2) is 8.29. The fourth-order valence-electron chi connectivity index (χ4n) is 2.30. The molecule has 1 amide bonds. The van der Waals surface area contributed by atoms with Crippen LogP contribution in [0.1, 0.15) is 26.0 Å². The van der Waals surface area contributed by atoms with Gasteiger partial charge in [0.05, 0.1) is 28.6 Å². The highest BCUT2D eigenvalue weighted by Crippen LogP contribution is 2.36. The number of amides is 1. The van der Waals surface area contributed by atoms with Crippen LogP contribution in [0.2, 0.25) is 0 Å². The number of rotatable bonds is 7. The number of hydrogen-bond acceptors (Lipinski definition) is 7. The zero-order chi connectivity index (χ0) is 18.5. The Balaban J connectivity index is 1.79. The molecule has 0 aliphatic heterocycles. The molecule has 2 heterocycles. The lowest BCUT2D eigenvalue weighted by Crippen LogP contribution is -2.08. The van der Waals surface area contributed by atoms with Gasteiger partial charge in [0, 0.05) is 11.8 Å². The number of carbonyl (C=O) groups excluding carboxylic acids is 1. The lowest BCUT2D eigenvalue weighted by molar-refractivity contribution is -0.115. The third-order valence-corrected chi connectivity index (χ3v) is 5.38. The van der Waals surface area contributed by atoms with Gasteiger partial charge in [0.25, 0.3) is 0 Å². The molecule has 0 saturated carbocycles. The van der Waals surface area contributed by atoms with Crippen molar-refractivity contribution >= 4 is 44.5 Å². The van der Waals surface area contributed by atoms with Crippen molar-refractivity contribution in [3.05, 3.63) is 35.3 Å². The first kappa shape index (κ1) is 18.3. The van der Waals surface area contributed by atoms with Crippen LogP contribution in [0.25, 0.3) is 10.6 Å². The molecule has 1 aromatic carbocycles. The van der Waals surface area contributed by atoms with Crippen molar-refractivity contribution in [3.63, 3.8) is 0 Å². The van der Waals surface area contributed by atoms with Gasteiger partial charge in [-0.05, 0) is 26.0 Å². The van der Waals surface area contributed by atoms with E-state index >= 15 is 0 Å². The Morgan fingerprint density at radius 2 is 2.00 bits per heavy atom. The zero-order valence-electron chi connectivity index (χ0n) is 14.8. The molecular weight excluding hydrogens is 368 g/mol. The third-order valence-electron chi connectivity index (χ3n) is 3.53. The predicted molar refractivity (Wildman–Crippen MR) is 108 cm³/mol. The summed E-state index contributed by atoms with van der Waals surface area (Å²) in [5, 5.41) is 9.48. The van der Waals surface area contributed by atoms with Gasteiger partial charge in [0.2, 0.25) is 5.91 Å². The summed E-state index contributed by atoms with van der Waals surface area (Å²) in [5.41, 5.74) is 2.58. The minimum atomic E-state index is -0.0431. The largest absolute Gasteiger partial charge is 0.492 e. The van der Waals surface area contributed by atoms with Crippen molar-refractivity contribution in [3.8, 4) is 16.3 Å². The second-order valence-corrected chi connectivity index (χ2v) is 7.28. The fraction of sp³-hybridized carbons (Fsp3) is 0.278. The van der Waals surface area contributed by atoms with E-state index in [-0.39, 0.29) is 5.91 Å². The smallest absolute Gasteiger partial charge is 0.225 e. The first-order valence-corrected chi connectivity index (χ1v) is 10.0. The van der Waals surface area contributed by atoms with Crippen molar-refractivity contribution in [2.45, 2.75) is 27.2 Å². The molecule has 0 spiro atoms. The van der Waals surface area contributed by atoms with Crippen LogP contribution in [0.4, 0.5) is 16.0 Å². The number of para-hydroxylation sites is 2. The van der Waals surface area contributed by atoms with Gasteiger partial charge in [-0.2, -0.15) is 0 Å². The van der Waals surface area contributed by atoms with Gasteiger partial charge in [0.15, 0.2) is 10.3 Å². The van der Waals surface area contributed by atoms with Crippen molar-refractivity contribution in [2.24, 2.45) is 0 Å². The predicted octanol–water partition coefficient (Wildman–Crippen LogP) is 5.07. The summed E-state index contributed by atoms with van der Waals surface area (Å²) >= 11 is 2.95. The van der Waals surface area contributed by atoms with E-state index in [1.54, 1.807) is 0 Å². The van der Waals surface area contributed by atoms with E-state index in [4.69, 9.17) is 4.74 Å². The van der Waals surface area contributed by atoms with Gasteiger partial charge in [-0.3, -0.25) is 4.79 Å². The van der Waals surface area contributed by atoms with Crippen molar-refractivity contribution < 1.29 is 9.53 Å². The standard InChI is InChI=1S/C18H20N4O2S2/c1-4-15(23)22-18-19-11(3)16(26-18)13-10-25-17(21-13)20-12-8-6-7-9-14(12)24-5-2/h6-10H,4-5H2,1-3H3,(H,20,21)(H,19,22,23). The summed E-state index contributed by atoms with van der Waals surface area (Å²) in [4.78, 5) is 21.6. The average Bonchev–Trinajstić information content (AvgIpc) is 3.23. The summed E-state index contributed by atoms with van der Waals surface area (Å²) in [6.45, 7) is 6.30. The number of nitrogens with one attached hydrogen (secondary N) is 2. The molecule has 0 fully saturated rings. The maximum atomic E-state index is 11.6. The van der Waals surface area contributed by atoms with Crippen molar-refractivity contribution in [2.75, 3.05) is 17.2 Å². The normalized spacial score (nSPS) is 10.6. The number of thiazole rings is 2. The van der Waals surface area contributed by atoms with Crippen LogP contribution in [0, 0.1) is 6.92 Å². The number of anilines is 3. The first-order valence-electron chi connectivity index (χ1n) is 8.32. The molecule has 3 rings (SSSR count). The SMILES string of the molecule is CCOc1ccccc1Nc1nc(-c2sc(NC(=O)CC)nc2C)cs1. The molecule has 0 atom stereocenters. The molecule has 0 bridgehead atoms. The van der Waals surface area contributed by atoms with Crippen LogP contribution in [0.15, 0.2) is 29.6 Å². The van der Waals surface area contributed by atoms with Crippen LogP contribution in [0.5, 0.6) is 5.75 Å². The monoisotopic (exact) mass is 388 g/mol. The Kier molecular flexibility index (Phi) is 5.85. The van der Waals surface area contributed by atoms with Crippen LogP contribution in [0.3, 0.4) is 0 Å². The molecule has 0 radical (unpaired) electrons. The van der Waals surface area contributed by atoms with Crippen molar-refractivity contribution in [1.82, 2.24) is 9.97 Å². The molecule has 0 aliphatic rings. The minimum absolute atomic E-state index is 0.0431. The van der Waals surface area contributed by atoms with E-state index in [0.29, 0.717) is 18.2 Å². The lowest BCUT2D eigenvalue weighted by atomic mass is 10.3. The van der Waals surface area contributed by atoms with Gasteiger partial charge < -0.3 is 15.4 Å². The maximum Gasteiger partial charge on any atom is 0.225 e. The number of benzene rings is 1. The third kappa shape index (κ3) is 4.20. The van der Waals surface area contributed by atoms with Crippen LogP contribution in [-0.2, 0) is 4.79 Å². The zero-order valence-corrected chi connectivity index (χ0v) is 16.5. The number of aryl methyl sites for hydroxylation is 1. The highest BCUT2D eigenvalue weighted by atomic mass is 32.1. The van der Waals surface area contributed by atoms with Gasteiger partial charge in [-0.15, -0.1) is 11.3 Å². The van der Waals surface area contributed by atoms with Gasteiger partial charge >= 0.3 is 0 Å². The van der Waals surface area contributed by atoms with Crippen LogP contribution >= 0.6 is 22.7 Å². The lowest BCUT2D eigenvalue weighted by Gasteiger charge is -2.09. The second-order valence-electron chi connectivity index (χ2n) is 5.43. The molecule has 0 aliphatic carbocycles. The molecule has 26 heavy (non-hydrogen) atoms. The fourth-order valence-corrected chi connectivity index (χ4v) is 4.03. The Morgan fingerprint density at radius 1 is 1.19 bits per heavy atom. The molecule has 8 heteroatoms. The molecule has 6 nitrogen and oxygen atoms in total. The summed E-state index contributed by atoms with van der Waals surface area (Å²) in [6, 6.07) is 7.78. The summed E-state index contributed by atoms with van der Waals surface area (Å²) < 4.78 is 5.64. The van der Waals surface area contributed by atoms with Crippen molar-refractivity contribution in [1.29, 1.82) is 0 Å². The number of carbonyl (C=O) groups is 1. The Morgan fingerprint density at radius 3 is 2.77 bits per heavy atom. The Labute approximate surface area is 160 Å². The molecule has 136 valence electrons.